The van der Waals surface area contributed by atoms with E-state index in [9.17, 15) is 4.79 Å². The van der Waals surface area contributed by atoms with Crippen molar-refractivity contribution < 1.29 is 4.79 Å². The quantitative estimate of drug-likeness (QED) is 0.701. The number of rotatable bonds is 4. The predicted octanol–water partition coefficient (Wildman–Crippen LogP) is 3.36. The van der Waals surface area contributed by atoms with Crippen molar-refractivity contribution in [1.82, 2.24) is 24.4 Å². The fourth-order valence-electron chi connectivity index (χ4n) is 3.92. The molecule has 1 amide bonds. The van der Waals surface area contributed by atoms with Crippen LogP contribution in [0.15, 0.2) is 48.8 Å². The number of aryl methyl sites for hydroxylation is 2. The minimum absolute atomic E-state index is 0.000299. The molecule has 0 unspecified atom stereocenters. The number of imidazole rings is 1. The van der Waals surface area contributed by atoms with Gasteiger partial charge in [0, 0.05) is 43.6 Å². The zero-order valence-corrected chi connectivity index (χ0v) is 16.4. The van der Waals surface area contributed by atoms with Gasteiger partial charge in [0.15, 0.2) is 0 Å². The van der Waals surface area contributed by atoms with Gasteiger partial charge in [0.05, 0.1) is 0 Å². The van der Waals surface area contributed by atoms with Crippen LogP contribution in [-0.4, -0.2) is 43.4 Å². The van der Waals surface area contributed by atoms with Gasteiger partial charge in [0.25, 0.3) is 5.91 Å². The van der Waals surface area contributed by atoms with E-state index in [1.807, 2.05) is 37.2 Å². The van der Waals surface area contributed by atoms with Gasteiger partial charge in [-0.3, -0.25) is 4.79 Å². The Balaban J connectivity index is 1.42. The smallest absolute Gasteiger partial charge is 0.272 e. The number of aromatic nitrogens is 4. The maximum atomic E-state index is 12.8. The molecule has 3 heterocycles. The fourth-order valence-corrected chi connectivity index (χ4v) is 3.92. The van der Waals surface area contributed by atoms with Crippen LogP contribution in [-0.2, 0) is 6.54 Å². The van der Waals surface area contributed by atoms with Crippen molar-refractivity contribution in [2.75, 3.05) is 13.1 Å². The molecule has 1 aromatic carbocycles. The van der Waals surface area contributed by atoms with Crippen LogP contribution in [0.1, 0.15) is 52.2 Å². The van der Waals surface area contributed by atoms with Gasteiger partial charge in [-0.05, 0) is 38.3 Å². The van der Waals surface area contributed by atoms with Crippen LogP contribution in [0.5, 0.6) is 0 Å². The van der Waals surface area contributed by atoms with Crippen molar-refractivity contribution in [3.8, 4) is 0 Å². The molecule has 1 aliphatic heterocycles. The number of piperidine rings is 1. The summed E-state index contributed by atoms with van der Waals surface area (Å²) >= 11 is 0. The van der Waals surface area contributed by atoms with E-state index in [0.29, 0.717) is 17.4 Å². The van der Waals surface area contributed by atoms with Gasteiger partial charge < -0.3 is 9.47 Å². The first-order chi connectivity index (χ1) is 13.6. The van der Waals surface area contributed by atoms with Crippen molar-refractivity contribution in [3.05, 3.63) is 77.4 Å². The van der Waals surface area contributed by atoms with Crippen LogP contribution in [0.3, 0.4) is 0 Å². The summed E-state index contributed by atoms with van der Waals surface area (Å²) in [6.07, 6.45) is 5.76. The van der Waals surface area contributed by atoms with Crippen molar-refractivity contribution >= 4 is 5.91 Å². The van der Waals surface area contributed by atoms with E-state index in [1.165, 1.54) is 5.56 Å². The van der Waals surface area contributed by atoms with Crippen LogP contribution in [0.4, 0.5) is 0 Å². The molecule has 0 atom stereocenters. The monoisotopic (exact) mass is 375 g/mol. The Morgan fingerprint density at radius 1 is 1.11 bits per heavy atom. The van der Waals surface area contributed by atoms with Crippen molar-refractivity contribution in [1.29, 1.82) is 0 Å². The number of nitrogens with zero attached hydrogens (tertiary/aromatic N) is 5. The Kier molecular flexibility index (Phi) is 5.19. The Morgan fingerprint density at radius 2 is 1.86 bits per heavy atom. The Bertz CT molecular complexity index is 938. The zero-order chi connectivity index (χ0) is 19.5. The number of amides is 1. The molecule has 28 heavy (non-hydrogen) atoms. The summed E-state index contributed by atoms with van der Waals surface area (Å²) in [6, 6.07) is 12.2. The normalized spacial score (nSPS) is 15.0. The van der Waals surface area contributed by atoms with Gasteiger partial charge in [-0.2, -0.15) is 0 Å². The van der Waals surface area contributed by atoms with Gasteiger partial charge in [-0.1, -0.05) is 30.3 Å². The summed E-state index contributed by atoms with van der Waals surface area (Å²) < 4.78 is 2.23. The third-order valence-corrected chi connectivity index (χ3v) is 5.28. The van der Waals surface area contributed by atoms with Gasteiger partial charge in [0.1, 0.15) is 17.3 Å². The van der Waals surface area contributed by atoms with Gasteiger partial charge in [0.2, 0.25) is 0 Å². The lowest BCUT2D eigenvalue weighted by Gasteiger charge is -2.31. The molecule has 1 aliphatic rings. The Labute approximate surface area is 165 Å². The molecule has 1 saturated heterocycles. The Hall–Kier alpha value is -3.02. The molecule has 0 spiro atoms. The highest BCUT2D eigenvalue weighted by Crippen LogP contribution is 2.28. The number of benzene rings is 1. The van der Waals surface area contributed by atoms with Crippen LogP contribution >= 0.6 is 0 Å². The topological polar surface area (TPSA) is 63.9 Å². The molecule has 0 bridgehead atoms. The first-order valence-electron chi connectivity index (χ1n) is 9.76. The minimum atomic E-state index is -0.000299. The molecule has 144 valence electrons. The third kappa shape index (κ3) is 3.96. The maximum Gasteiger partial charge on any atom is 0.272 e. The maximum absolute atomic E-state index is 12.8. The van der Waals surface area contributed by atoms with E-state index in [2.05, 4.69) is 43.8 Å². The average molecular weight is 375 g/mol. The largest absolute Gasteiger partial charge is 0.337 e. The summed E-state index contributed by atoms with van der Waals surface area (Å²) in [5, 5.41) is 0. The molecule has 2 aromatic heterocycles. The summed E-state index contributed by atoms with van der Waals surface area (Å²) in [4.78, 5) is 27.9. The molecule has 0 radical (unpaired) electrons. The highest BCUT2D eigenvalue weighted by Gasteiger charge is 2.27. The predicted molar refractivity (Wildman–Crippen MR) is 107 cm³/mol. The summed E-state index contributed by atoms with van der Waals surface area (Å²) in [5.74, 6) is 2.13. The van der Waals surface area contributed by atoms with E-state index in [4.69, 9.17) is 0 Å². The molecule has 1 fully saturated rings. The number of carbonyl (C=O) groups is 1. The van der Waals surface area contributed by atoms with Gasteiger partial charge in [-0.25, -0.2) is 15.0 Å². The molecular formula is C22H25N5O. The summed E-state index contributed by atoms with van der Waals surface area (Å²) in [7, 11) is 0. The molecule has 0 aliphatic carbocycles. The minimum Gasteiger partial charge on any atom is -0.337 e. The zero-order valence-electron chi connectivity index (χ0n) is 16.4. The number of carbonyl (C=O) groups excluding carboxylic acids is 1. The summed E-state index contributed by atoms with van der Waals surface area (Å²) in [6.45, 7) is 6.00. The van der Waals surface area contributed by atoms with E-state index in [0.717, 1.165) is 44.0 Å². The fraction of sp³-hybridized carbons (Fsp3) is 0.364. The Morgan fingerprint density at radius 3 is 2.57 bits per heavy atom. The first kappa shape index (κ1) is 18.3. The van der Waals surface area contributed by atoms with Crippen LogP contribution in [0, 0.1) is 13.8 Å². The average Bonchev–Trinajstić information content (AvgIpc) is 3.15. The number of hydrogen-bond acceptors (Lipinski definition) is 4. The van der Waals surface area contributed by atoms with E-state index in [1.54, 1.807) is 6.07 Å². The van der Waals surface area contributed by atoms with Crippen LogP contribution in [0.25, 0.3) is 0 Å². The molecular weight excluding hydrogens is 350 g/mol. The lowest BCUT2D eigenvalue weighted by Crippen LogP contribution is -2.39. The second kappa shape index (κ2) is 7.92. The summed E-state index contributed by atoms with van der Waals surface area (Å²) in [5.41, 5.74) is 2.59. The van der Waals surface area contributed by atoms with Crippen molar-refractivity contribution in [3.63, 3.8) is 0 Å². The van der Waals surface area contributed by atoms with E-state index < -0.39 is 0 Å². The molecule has 3 aromatic rings. The van der Waals surface area contributed by atoms with E-state index >= 15 is 0 Å². The number of hydrogen-bond donors (Lipinski definition) is 0. The van der Waals surface area contributed by atoms with Crippen molar-refractivity contribution in [2.45, 2.75) is 39.2 Å². The van der Waals surface area contributed by atoms with E-state index in [-0.39, 0.29) is 5.91 Å². The lowest BCUT2D eigenvalue weighted by molar-refractivity contribution is 0.0704. The molecule has 0 saturated carbocycles. The van der Waals surface area contributed by atoms with Crippen LogP contribution in [0.2, 0.25) is 0 Å². The van der Waals surface area contributed by atoms with Crippen LogP contribution < -0.4 is 0 Å². The standard InChI is InChI=1S/C22H25N5O/c1-16-14-20(25-17(2)24-16)22(28)26-11-8-19(9-12-26)21-23-10-13-27(21)15-18-6-4-3-5-7-18/h3-7,10,13-14,19H,8-9,11-12,15H2,1-2H3. The number of likely N-dealkylation sites (tertiary alicyclic amines) is 1. The second-order valence-corrected chi connectivity index (χ2v) is 7.41. The van der Waals surface area contributed by atoms with Gasteiger partial charge in [-0.15, -0.1) is 0 Å². The molecule has 6 nitrogen and oxygen atoms in total. The first-order valence-corrected chi connectivity index (χ1v) is 9.76. The third-order valence-electron chi connectivity index (χ3n) is 5.28. The lowest BCUT2D eigenvalue weighted by atomic mass is 9.95. The highest BCUT2D eigenvalue weighted by atomic mass is 16.2. The van der Waals surface area contributed by atoms with Crippen molar-refractivity contribution in [2.24, 2.45) is 0 Å². The van der Waals surface area contributed by atoms with Gasteiger partial charge >= 0.3 is 0 Å². The highest BCUT2D eigenvalue weighted by molar-refractivity contribution is 5.92. The SMILES string of the molecule is Cc1cc(C(=O)N2CCC(c3nccn3Cc3ccccc3)CC2)nc(C)n1. The molecule has 4 rings (SSSR count). The molecule has 6 heteroatoms. The molecule has 0 N–H and O–H groups in total. The second-order valence-electron chi connectivity index (χ2n) is 7.41.